The first-order valence-electron chi connectivity index (χ1n) is 8.95. The van der Waals surface area contributed by atoms with Gasteiger partial charge in [0.25, 0.3) is 5.24 Å². The summed E-state index contributed by atoms with van der Waals surface area (Å²) in [6.45, 7) is 4.53. The number of carbonyl (C=O) groups excluding carboxylic acids is 1. The van der Waals surface area contributed by atoms with Gasteiger partial charge in [-0.25, -0.2) is 0 Å². The molecule has 0 amide bonds. The predicted molar refractivity (Wildman–Crippen MR) is 104 cm³/mol. The average molecular weight is 377 g/mol. The zero-order chi connectivity index (χ0) is 16.5. The molecule has 0 N–H and O–H groups in total. The molecular formula is C20H22Cl2N2O. The maximum absolute atomic E-state index is 12.3. The number of nitrogens with zero attached hydrogens (tertiary/aromatic N) is 2. The molecule has 3 aliphatic heterocycles. The van der Waals surface area contributed by atoms with Gasteiger partial charge in [0.05, 0.1) is 11.6 Å². The van der Waals surface area contributed by atoms with Crippen LogP contribution in [0.4, 0.5) is 0 Å². The van der Waals surface area contributed by atoms with Gasteiger partial charge in [-0.05, 0) is 61.5 Å². The molecule has 0 saturated carbocycles. The molecule has 2 aromatic rings. The summed E-state index contributed by atoms with van der Waals surface area (Å²) in [5, 5.41) is 0.945. The Morgan fingerprint density at radius 2 is 2.12 bits per heavy atom. The highest BCUT2D eigenvalue weighted by Gasteiger charge is 2.50. The lowest BCUT2D eigenvalue weighted by atomic mass is 9.66. The molecule has 0 unspecified atom stereocenters. The maximum atomic E-state index is 12.3. The predicted octanol–water partition coefficient (Wildman–Crippen LogP) is 4.77. The third-order valence-corrected chi connectivity index (χ3v) is 6.64. The number of rotatable bonds is 2. The molecule has 2 atom stereocenters. The standard InChI is InChI=1S/C20H21ClN2O.ClH/c1-2-20-9-5-10-22-11-8-14-13-6-3-4-7-15(13)23(17(14)18(20)22)16(12-20)19(21)24;/h3-4,6-7,12,18H,2,5,8-11H2,1H3;1H/t18-,20-;/m0./s1. The van der Waals surface area contributed by atoms with Crippen molar-refractivity contribution in [2.75, 3.05) is 13.1 Å². The Hall–Kier alpha value is -1.29. The Bertz CT molecular complexity index is 900. The Labute approximate surface area is 159 Å². The minimum Gasteiger partial charge on any atom is -0.308 e. The van der Waals surface area contributed by atoms with E-state index in [1.165, 1.54) is 23.1 Å². The van der Waals surface area contributed by atoms with Crippen LogP contribution in [-0.2, 0) is 11.2 Å². The molecule has 5 heteroatoms. The summed E-state index contributed by atoms with van der Waals surface area (Å²) in [5.74, 6) is 0. The number of halogens is 2. The Morgan fingerprint density at radius 1 is 1.32 bits per heavy atom. The molecule has 3 nitrogen and oxygen atoms in total. The van der Waals surface area contributed by atoms with E-state index < -0.39 is 0 Å². The van der Waals surface area contributed by atoms with Crippen molar-refractivity contribution < 1.29 is 4.79 Å². The number of piperidine rings is 1. The van der Waals surface area contributed by atoms with Gasteiger partial charge < -0.3 is 4.57 Å². The number of benzene rings is 1. The second kappa shape index (κ2) is 5.87. The van der Waals surface area contributed by atoms with Gasteiger partial charge in [-0.15, -0.1) is 12.4 Å². The van der Waals surface area contributed by atoms with Crippen LogP contribution in [0.25, 0.3) is 16.6 Å². The number of allylic oxidation sites excluding steroid dienone is 1. The summed E-state index contributed by atoms with van der Waals surface area (Å²) in [4.78, 5) is 14.9. The fourth-order valence-corrected chi connectivity index (χ4v) is 5.56. The molecule has 132 valence electrons. The fraction of sp³-hybridized carbons (Fsp3) is 0.450. The first-order chi connectivity index (χ1) is 11.7. The topological polar surface area (TPSA) is 25.2 Å². The second-order valence-corrected chi connectivity index (χ2v) is 7.74. The lowest BCUT2D eigenvalue weighted by Gasteiger charge is -2.53. The molecule has 0 radical (unpaired) electrons. The summed E-state index contributed by atoms with van der Waals surface area (Å²) in [5.41, 5.74) is 4.58. The lowest BCUT2D eigenvalue weighted by Crippen LogP contribution is -2.50. The van der Waals surface area contributed by atoms with Crippen LogP contribution in [0.1, 0.15) is 43.5 Å². The van der Waals surface area contributed by atoms with E-state index in [9.17, 15) is 4.79 Å². The van der Waals surface area contributed by atoms with Crippen molar-refractivity contribution in [3.05, 3.63) is 41.6 Å². The number of hydrogen-bond donors (Lipinski definition) is 0. The molecule has 5 rings (SSSR count). The first-order valence-corrected chi connectivity index (χ1v) is 9.33. The summed E-state index contributed by atoms with van der Waals surface area (Å²) < 4.78 is 2.16. The number of carbonyl (C=O) groups is 1. The van der Waals surface area contributed by atoms with Gasteiger partial charge in [0.1, 0.15) is 5.70 Å². The fourth-order valence-electron chi connectivity index (χ4n) is 5.42. The van der Waals surface area contributed by atoms with Crippen LogP contribution in [0.2, 0.25) is 0 Å². The van der Waals surface area contributed by atoms with Crippen molar-refractivity contribution in [1.29, 1.82) is 0 Å². The van der Waals surface area contributed by atoms with Gasteiger partial charge >= 0.3 is 0 Å². The second-order valence-electron chi connectivity index (χ2n) is 7.40. The van der Waals surface area contributed by atoms with E-state index in [4.69, 9.17) is 11.6 Å². The maximum Gasteiger partial charge on any atom is 0.268 e. The zero-order valence-corrected chi connectivity index (χ0v) is 15.9. The molecule has 1 fully saturated rings. The van der Waals surface area contributed by atoms with Crippen LogP contribution in [0.5, 0.6) is 0 Å². The molecular weight excluding hydrogens is 355 g/mol. The van der Waals surface area contributed by atoms with Crippen LogP contribution in [-0.4, -0.2) is 27.8 Å². The van der Waals surface area contributed by atoms with Crippen LogP contribution >= 0.6 is 24.0 Å². The monoisotopic (exact) mass is 376 g/mol. The first kappa shape index (κ1) is 17.1. The third kappa shape index (κ3) is 2.12. The average Bonchev–Trinajstić information content (AvgIpc) is 2.95. The third-order valence-electron chi connectivity index (χ3n) is 6.45. The minimum atomic E-state index is -0.340. The highest BCUT2D eigenvalue weighted by molar-refractivity contribution is 6.73. The van der Waals surface area contributed by atoms with E-state index >= 15 is 0 Å². The van der Waals surface area contributed by atoms with Crippen LogP contribution in [0.3, 0.4) is 0 Å². The molecule has 0 bridgehead atoms. The summed E-state index contributed by atoms with van der Waals surface area (Å²) in [6.07, 6.45) is 6.64. The minimum absolute atomic E-state index is 0. The molecule has 1 saturated heterocycles. The van der Waals surface area contributed by atoms with Crippen molar-refractivity contribution in [2.45, 2.75) is 38.6 Å². The normalized spacial score (nSPS) is 27.4. The molecule has 1 aromatic carbocycles. The number of hydrogen-bond acceptors (Lipinski definition) is 2. The van der Waals surface area contributed by atoms with E-state index in [0.29, 0.717) is 11.7 Å². The van der Waals surface area contributed by atoms with Gasteiger partial charge in [0.15, 0.2) is 0 Å². The Kier molecular flexibility index (Phi) is 4.02. The van der Waals surface area contributed by atoms with Crippen LogP contribution in [0, 0.1) is 5.41 Å². The molecule has 25 heavy (non-hydrogen) atoms. The van der Waals surface area contributed by atoms with E-state index in [0.717, 1.165) is 37.9 Å². The van der Waals surface area contributed by atoms with Gasteiger partial charge in [0, 0.05) is 23.0 Å². The van der Waals surface area contributed by atoms with Crippen molar-refractivity contribution >= 4 is 45.9 Å². The van der Waals surface area contributed by atoms with Gasteiger partial charge in [-0.1, -0.05) is 25.1 Å². The van der Waals surface area contributed by atoms with Crippen LogP contribution in [0.15, 0.2) is 30.3 Å². The SMILES string of the molecule is CC[C@@]12C=C(C(=O)Cl)n3c4c(c5ccccc53)CCN(CCC1)[C@@H]42.Cl. The van der Waals surface area contributed by atoms with E-state index in [2.05, 4.69) is 40.7 Å². The Morgan fingerprint density at radius 3 is 2.88 bits per heavy atom. The van der Waals surface area contributed by atoms with Crippen molar-refractivity contribution in [2.24, 2.45) is 5.41 Å². The van der Waals surface area contributed by atoms with E-state index in [-0.39, 0.29) is 23.1 Å². The zero-order valence-electron chi connectivity index (χ0n) is 14.3. The largest absolute Gasteiger partial charge is 0.308 e. The molecule has 0 aliphatic carbocycles. The number of para-hydroxylation sites is 1. The molecule has 0 spiro atoms. The van der Waals surface area contributed by atoms with E-state index in [1.54, 1.807) is 0 Å². The van der Waals surface area contributed by atoms with Crippen molar-refractivity contribution in [3.8, 4) is 0 Å². The van der Waals surface area contributed by atoms with Gasteiger partial charge in [-0.2, -0.15) is 0 Å². The highest BCUT2D eigenvalue weighted by atomic mass is 35.5. The smallest absolute Gasteiger partial charge is 0.268 e. The van der Waals surface area contributed by atoms with Crippen molar-refractivity contribution in [3.63, 3.8) is 0 Å². The molecule has 1 aromatic heterocycles. The Balaban J connectivity index is 0.00000157. The van der Waals surface area contributed by atoms with E-state index in [1.807, 2.05) is 6.07 Å². The summed E-state index contributed by atoms with van der Waals surface area (Å²) in [7, 11) is 0. The number of aromatic nitrogens is 1. The molecule has 4 heterocycles. The van der Waals surface area contributed by atoms with Crippen LogP contribution < -0.4 is 0 Å². The van der Waals surface area contributed by atoms with Gasteiger partial charge in [0.2, 0.25) is 0 Å². The van der Waals surface area contributed by atoms with Crippen molar-refractivity contribution in [1.82, 2.24) is 9.47 Å². The van der Waals surface area contributed by atoms with Gasteiger partial charge in [-0.3, -0.25) is 9.69 Å². The quantitative estimate of drug-likeness (QED) is 0.705. The number of fused-ring (bicyclic) bond motifs is 3. The lowest BCUT2D eigenvalue weighted by molar-refractivity contribution is -0.107. The summed E-state index contributed by atoms with van der Waals surface area (Å²) >= 11 is 6.06. The highest BCUT2D eigenvalue weighted by Crippen LogP contribution is 2.57. The summed E-state index contributed by atoms with van der Waals surface area (Å²) in [6, 6.07) is 8.84. The molecule has 3 aliphatic rings.